The Morgan fingerprint density at radius 1 is 1.33 bits per heavy atom. The molecular formula is C17H23N5OS. The fraction of sp³-hybridized carbons (Fsp3) is 0.529. The van der Waals surface area contributed by atoms with Crippen LogP contribution < -0.4 is 5.32 Å². The smallest absolute Gasteiger partial charge is 0.229 e. The van der Waals surface area contributed by atoms with Crippen LogP contribution in [0.25, 0.3) is 0 Å². The quantitative estimate of drug-likeness (QED) is 0.922. The van der Waals surface area contributed by atoms with Crippen LogP contribution in [0.5, 0.6) is 0 Å². The first-order chi connectivity index (χ1) is 11.5. The number of rotatable bonds is 4. The van der Waals surface area contributed by atoms with Crippen molar-refractivity contribution in [3.8, 4) is 0 Å². The molecule has 1 fully saturated rings. The molecule has 1 amide bonds. The number of aryl methyl sites for hydroxylation is 2. The van der Waals surface area contributed by atoms with Crippen LogP contribution in [0.2, 0.25) is 0 Å². The Hall–Kier alpha value is -2.02. The lowest BCUT2D eigenvalue weighted by atomic mass is 10.00. The summed E-state index contributed by atoms with van der Waals surface area (Å²) in [6, 6.07) is 1.93. The summed E-state index contributed by atoms with van der Waals surface area (Å²) in [7, 11) is 0. The molecule has 0 aliphatic carbocycles. The first kappa shape index (κ1) is 16.8. The van der Waals surface area contributed by atoms with Crippen molar-refractivity contribution in [1.82, 2.24) is 19.9 Å². The molecule has 1 atom stereocenters. The van der Waals surface area contributed by atoms with Gasteiger partial charge in [-0.1, -0.05) is 6.92 Å². The molecular weight excluding hydrogens is 322 g/mol. The van der Waals surface area contributed by atoms with Crippen molar-refractivity contribution in [1.29, 1.82) is 0 Å². The highest BCUT2D eigenvalue weighted by Crippen LogP contribution is 2.21. The summed E-state index contributed by atoms with van der Waals surface area (Å²) in [4.78, 5) is 27.6. The Balaban J connectivity index is 1.61. The van der Waals surface area contributed by atoms with Gasteiger partial charge in [0.05, 0.1) is 12.1 Å². The van der Waals surface area contributed by atoms with Crippen LogP contribution in [-0.2, 0) is 11.2 Å². The molecule has 0 bridgehead atoms. The molecule has 2 aromatic rings. The molecule has 1 saturated heterocycles. The number of amides is 1. The Morgan fingerprint density at radius 3 is 2.79 bits per heavy atom. The molecule has 128 valence electrons. The van der Waals surface area contributed by atoms with Gasteiger partial charge in [0.2, 0.25) is 11.9 Å². The molecule has 0 radical (unpaired) electrons. The van der Waals surface area contributed by atoms with E-state index in [9.17, 15) is 4.79 Å². The molecule has 1 unspecified atom stereocenters. The average molecular weight is 345 g/mol. The zero-order valence-electron chi connectivity index (χ0n) is 14.4. The summed E-state index contributed by atoms with van der Waals surface area (Å²) in [5.74, 6) is 1.31. The van der Waals surface area contributed by atoms with Crippen molar-refractivity contribution >= 4 is 28.3 Å². The third-order valence-corrected chi connectivity index (χ3v) is 4.90. The number of piperidine rings is 1. The highest BCUT2D eigenvalue weighted by Gasteiger charge is 2.21. The maximum Gasteiger partial charge on any atom is 0.229 e. The second-order valence-corrected chi connectivity index (χ2v) is 7.37. The van der Waals surface area contributed by atoms with Gasteiger partial charge in [-0.3, -0.25) is 4.79 Å². The van der Waals surface area contributed by atoms with E-state index in [1.54, 1.807) is 0 Å². The molecule has 7 heteroatoms. The third-order valence-electron chi connectivity index (χ3n) is 4.09. The predicted octanol–water partition coefficient (Wildman–Crippen LogP) is 3.09. The van der Waals surface area contributed by atoms with E-state index in [1.807, 2.05) is 30.2 Å². The number of thiazole rings is 1. The monoisotopic (exact) mass is 345 g/mol. The van der Waals surface area contributed by atoms with Crippen molar-refractivity contribution in [2.24, 2.45) is 5.92 Å². The normalized spacial score (nSPS) is 17.8. The molecule has 3 heterocycles. The molecule has 1 aliphatic heterocycles. The molecule has 6 nitrogen and oxygen atoms in total. The van der Waals surface area contributed by atoms with Gasteiger partial charge in [-0.25, -0.2) is 15.0 Å². The standard InChI is InChI=1S/C17H23N5OS/c1-11-5-4-6-22(9-11)15(23)8-14-10-24-17(20-14)21-16-18-12(2)7-13(3)19-16/h7,10-11H,4-6,8-9H2,1-3H3,(H,18,19,20,21). The SMILES string of the molecule is Cc1cc(C)nc(Nc2nc(CC(=O)N3CCCC(C)C3)cs2)n1. The molecule has 2 aromatic heterocycles. The van der Waals surface area contributed by atoms with Gasteiger partial charge in [0.1, 0.15) is 0 Å². The van der Waals surface area contributed by atoms with Crippen molar-refractivity contribution in [2.75, 3.05) is 18.4 Å². The van der Waals surface area contributed by atoms with Gasteiger partial charge in [0, 0.05) is 29.9 Å². The van der Waals surface area contributed by atoms with Crippen LogP contribution >= 0.6 is 11.3 Å². The number of aromatic nitrogens is 3. The molecule has 0 spiro atoms. The number of likely N-dealkylation sites (tertiary alicyclic amines) is 1. The van der Waals surface area contributed by atoms with Crippen LogP contribution in [0.15, 0.2) is 11.4 Å². The van der Waals surface area contributed by atoms with Gasteiger partial charge in [0.25, 0.3) is 0 Å². The second kappa shape index (κ2) is 7.25. The van der Waals surface area contributed by atoms with Crippen LogP contribution in [0.4, 0.5) is 11.1 Å². The molecule has 1 aliphatic rings. The molecule has 0 saturated carbocycles. The maximum atomic E-state index is 12.4. The van der Waals surface area contributed by atoms with Crippen LogP contribution in [0, 0.1) is 19.8 Å². The molecule has 0 aromatic carbocycles. The van der Waals surface area contributed by atoms with E-state index < -0.39 is 0 Å². The largest absolute Gasteiger partial charge is 0.342 e. The van der Waals surface area contributed by atoms with E-state index in [0.717, 1.165) is 41.7 Å². The zero-order valence-corrected chi connectivity index (χ0v) is 15.2. The van der Waals surface area contributed by atoms with E-state index in [0.29, 0.717) is 18.3 Å². The molecule has 1 N–H and O–H groups in total. The van der Waals surface area contributed by atoms with Crippen LogP contribution in [0.3, 0.4) is 0 Å². The Kier molecular flexibility index (Phi) is 5.08. The fourth-order valence-corrected chi connectivity index (χ4v) is 3.71. The second-order valence-electron chi connectivity index (χ2n) is 6.51. The van der Waals surface area contributed by atoms with Gasteiger partial charge in [-0.2, -0.15) is 0 Å². The lowest BCUT2D eigenvalue weighted by molar-refractivity contribution is -0.132. The van der Waals surface area contributed by atoms with Crippen molar-refractivity contribution < 1.29 is 4.79 Å². The highest BCUT2D eigenvalue weighted by molar-refractivity contribution is 7.13. The van der Waals surface area contributed by atoms with Crippen LogP contribution in [-0.4, -0.2) is 38.8 Å². The summed E-state index contributed by atoms with van der Waals surface area (Å²) < 4.78 is 0. The lowest BCUT2D eigenvalue weighted by Crippen LogP contribution is -2.39. The number of nitrogens with one attached hydrogen (secondary N) is 1. The number of nitrogens with zero attached hydrogens (tertiary/aromatic N) is 4. The van der Waals surface area contributed by atoms with Gasteiger partial charge < -0.3 is 10.2 Å². The lowest BCUT2D eigenvalue weighted by Gasteiger charge is -2.30. The van der Waals surface area contributed by atoms with Gasteiger partial charge in [0.15, 0.2) is 5.13 Å². The molecule has 3 rings (SSSR count). The van der Waals surface area contributed by atoms with Crippen molar-refractivity contribution in [2.45, 2.75) is 40.0 Å². The number of hydrogen-bond donors (Lipinski definition) is 1. The van der Waals surface area contributed by atoms with Gasteiger partial charge >= 0.3 is 0 Å². The van der Waals surface area contributed by atoms with Gasteiger partial charge in [-0.05, 0) is 38.7 Å². The first-order valence-electron chi connectivity index (χ1n) is 8.31. The van der Waals surface area contributed by atoms with Crippen LogP contribution in [0.1, 0.15) is 36.8 Å². The maximum absolute atomic E-state index is 12.4. The Morgan fingerprint density at radius 2 is 2.08 bits per heavy atom. The van der Waals surface area contributed by atoms with Crippen molar-refractivity contribution in [3.63, 3.8) is 0 Å². The zero-order chi connectivity index (χ0) is 17.1. The van der Waals surface area contributed by atoms with Gasteiger partial charge in [-0.15, -0.1) is 11.3 Å². The summed E-state index contributed by atoms with van der Waals surface area (Å²) in [6.45, 7) is 7.81. The average Bonchev–Trinajstić information content (AvgIpc) is 2.93. The third kappa shape index (κ3) is 4.29. The summed E-state index contributed by atoms with van der Waals surface area (Å²) >= 11 is 1.47. The predicted molar refractivity (Wildman–Crippen MR) is 95.6 cm³/mol. The Labute approximate surface area is 146 Å². The minimum absolute atomic E-state index is 0.168. The number of carbonyl (C=O) groups is 1. The fourth-order valence-electron chi connectivity index (χ4n) is 3.01. The summed E-state index contributed by atoms with van der Waals surface area (Å²) in [5, 5.41) is 5.77. The topological polar surface area (TPSA) is 71.0 Å². The van der Waals surface area contributed by atoms with Crippen molar-refractivity contribution in [3.05, 3.63) is 28.5 Å². The first-order valence-corrected chi connectivity index (χ1v) is 9.19. The number of hydrogen-bond acceptors (Lipinski definition) is 6. The number of carbonyl (C=O) groups excluding carboxylic acids is 1. The van der Waals surface area contributed by atoms with E-state index in [1.165, 1.54) is 17.8 Å². The molecule has 24 heavy (non-hydrogen) atoms. The van der Waals surface area contributed by atoms with E-state index in [2.05, 4.69) is 27.2 Å². The van der Waals surface area contributed by atoms with E-state index in [4.69, 9.17) is 0 Å². The van der Waals surface area contributed by atoms with E-state index in [-0.39, 0.29) is 5.91 Å². The summed E-state index contributed by atoms with van der Waals surface area (Å²) in [5.41, 5.74) is 2.63. The minimum atomic E-state index is 0.168. The van der Waals surface area contributed by atoms with E-state index >= 15 is 0 Å². The minimum Gasteiger partial charge on any atom is -0.342 e. The highest BCUT2D eigenvalue weighted by atomic mass is 32.1. The number of anilines is 2. The Bertz CT molecular complexity index is 709. The summed E-state index contributed by atoms with van der Waals surface area (Å²) in [6.07, 6.45) is 2.67.